The lowest BCUT2D eigenvalue weighted by atomic mass is 9.81. The van der Waals surface area contributed by atoms with E-state index in [1.54, 1.807) is 6.07 Å². The van der Waals surface area contributed by atoms with Gasteiger partial charge in [-0.25, -0.2) is 0 Å². The smallest absolute Gasteiger partial charge is 0.169 e. The molecule has 2 nitrogen and oxygen atoms in total. The lowest BCUT2D eigenvalue weighted by Crippen LogP contribution is -2.21. The van der Waals surface area contributed by atoms with Gasteiger partial charge in [0.2, 0.25) is 0 Å². The van der Waals surface area contributed by atoms with E-state index in [4.69, 9.17) is 23.2 Å². The van der Waals surface area contributed by atoms with Crippen LogP contribution in [0.3, 0.4) is 0 Å². The van der Waals surface area contributed by atoms with Gasteiger partial charge in [0.05, 0.1) is 15.6 Å². The van der Waals surface area contributed by atoms with E-state index in [1.165, 1.54) is 0 Å². The molecule has 2 aromatic carbocycles. The number of aliphatic hydroxyl groups is 1. The Hall–Kier alpha value is -1.77. The monoisotopic (exact) mass is 372 g/mol. The van der Waals surface area contributed by atoms with Crippen LogP contribution < -0.4 is 0 Å². The van der Waals surface area contributed by atoms with Crippen molar-refractivity contribution in [2.75, 3.05) is 0 Å². The molecule has 2 aliphatic carbocycles. The van der Waals surface area contributed by atoms with Gasteiger partial charge >= 0.3 is 0 Å². The number of aliphatic hydroxyl groups excluding tert-OH is 1. The molecule has 1 N–H and O–H groups in total. The van der Waals surface area contributed by atoms with Gasteiger partial charge in [-0.05, 0) is 66.6 Å². The summed E-state index contributed by atoms with van der Waals surface area (Å²) in [4.78, 5) is 12.8. The van der Waals surface area contributed by atoms with Crippen LogP contribution in [-0.4, -0.2) is 10.9 Å². The quantitative estimate of drug-likeness (QED) is 0.677. The highest BCUT2D eigenvalue weighted by Crippen LogP contribution is 2.46. The molecule has 2 aromatic rings. The Labute approximate surface area is 157 Å². The average Bonchev–Trinajstić information content (AvgIpc) is 3.05. The van der Waals surface area contributed by atoms with Crippen molar-refractivity contribution in [2.24, 2.45) is 11.8 Å². The summed E-state index contributed by atoms with van der Waals surface area (Å²) in [6.45, 7) is 1.97. The van der Waals surface area contributed by atoms with Gasteiger partial charge in [0.25, 0.3) is 0 Å². The molecule has 4 rings (SSSR count). The van der Waals surface area contributed by atoms with Crippen LogP contribution in [0.4, 0.5) is 0 Å². The fourth-order valence-electron chi connectivity index (χ4n) is 4.02. The molecule has 4 heteroatoms. The summed E-state index contributed by atoms with van der Waals surface area (Å²) >= 11 is 12.1. The topological polar surface area (TPSA) is 37.3 Å². The molecule has 0 saturated heterocycles. The Morgan fingerprint density at radius 3 is 2.40 bits per heavy atom. The van der Waals surface area contributed by atoms with Crippen LogP contribution in [-0.2, 0) is 4.79 Å². The number of benzene rings is 2. The van der Waals surface area contributed by atoms with Gasteiger partial charge in [-0.3, -0.25) is 4.79 Å². The molecule has 0 heterocycles. The molecule has 0 unspecified atom stereocenters. The molecule has 25 heavy (non-hydrogen) atoms. The normalized spacial score (nSPS) is 22.6. The van der Waals surface area contributed by atoms with Crippen LogP contribution >= 0.6 is 23.2 Å². The number of hydrogen-bond donors (Lipinski definition) is 1. The molecule has 0 aliphatic heterocycles. The van der Waals surface area contributed by atoms with Crippen LogP contribution in [0.15, 0.2) is 42.2 Å². The van der Waals surface area contributed by atoms with Gasteiger partial charge in [0.15, 0.2) is 5.78 Å². The summed E-state index contributed by atoms with van der Waals surface area (Å²) in [5, 5.41) is 11.7. The second kappa shape index (κ2) is 6.19. The second-order valence-electron chi connectivity index (χ2n) is 6.99. The predicted octanol–water partition coefficient (Wildman–Crippen LogP) is 6.24. The number of carbonyl (C=O) groups excluding carboxylic acids is 1. The van der Waals surface area contributed by atoms with Crippen molar-refractivity contribution in [2.45, 2.75) is 26.2 Å². The standard InChI is InChI=1S/C21H18Cl2O2/c1-11-2-3-12(13-6-7-17(22)18(23)10-13)9-16(11)19-20(24)14-4-5-15(8-14)21(19)25/h2-3,6-7,9-10,14-15,24H,4-5,8H2,1H3/t14-,15+/m0/s1. The Morgan fingerprint density at radius 2 is 1.64 bits per heavy atom. The van der Waals surface area contributed by atoms with Gasteiger partial charge in [-0.2, -0.15) is 0 Å². The number of allylic oxidation sites excluding steroid dienone is 2. The minimum atomic E-state index is 0.0592. The van der Waals surface area contributed by atoms with Gasteiger partial charge in [0, 0.05) is 11.8 Å². The fraction of sp³-hybridized carbons (Fsp3) is 0.286. The van der Waals surface area contributed by atoms with E-state index >= 15 is 0 Å². The Kier molecular flexibility index (Phi) is 4.13. The third kappa shape index (κ3) is 2.78. The Bertz CT molecular complexity index is 914. The van der Waals surface area contributed by atoms with Crippen molar-refractivity contribution in [3.63, 3.8) is 0 Å². The molecule has 0 radical (unpaired) electrons. The number of hydrogen-bond acceptors (Lipinski definition) is 2. The lowest BCUT2D eigenvalue weighted by molar-refractivity contribution is -0.117. The van der Waals surface area contributed by atoms with Crippen LogP contribution in [0.2, 0.25) is 10.0 Å². The first kappa shape index (κ1) is 16.7. The predicted molar refractivity (Wildman–Crippen MR) is 102 cm³/mol. The fourth-order valence-corrected chi connectivity index (χ4v) is 4.32. The van der Waals surface area contributed by atoms with E-state index in [0.29, 0.717) is 15.6 Å². The molecule has 1 fully saturated rings. The molecule has 0 amide bonds. The van der Waals surface area contributed by atoms with E-state index < -0.39 is 0 Å². The molecule has 128 valence electrons. The molecular weight excluding hydrogens is 355 g/mol. The summed E-state index contributed by atoms with van der Waals surface area (Å²) in [6.07, 6.45) is 2.57. The molecule has 1 saturated carbocycles. The van der Waals surface area contributed by atoms with Crippen LogP contribution in [0.5, 0.6) is 0 Å². The van der Waals surface area contributed by atoms with E-state index in [2.05, 4.69) is 0 Å². The number of halogens is 2. The van der Waals surface area contributed by atoms with Gasteiger partial charge in [-0.1, -0.05) is 41.4 Å². The van der Waals surface area contributed by atoms with Crippen LogP contribution in [0.25, 0.3) is 16.7 Å². The Balaban J connectivity index is 1.84. The van der Waals surface area contributed by atoms with E-state index in [0.717, 1.165) is 41.5 Å². The second-order valence-corrected chi connectivity index (χ2v) is 7.80. The number of Topliss-reactive ketones (excluding diaryl/α,β-unsaturated/α-hetero) is 1. The minimum absolute atomic E-state index is 0.0592. The zero-order valence-corrected chi connectivity index (χ0v) is 15.4. The summed E-state index contributed by atoms with van der Waals surface area (Å²) in [5.41, 5.74) is 4.20. The first-order valence-corrected chi connectivity index (χ1v) is 9.25. The minimum Gasteiger partial charge on any atom is -0.511 e. The lowest BCUT2D eigenvalue weighted by Gasteiger charge is -2.23. The highest BCUT2D eigenvalue weighted by atomic mass is 35.5. The summed E-state index contributed by atoms with van der Waals surface area (Å²) in [5.74, 6) is 0.545. The summed E-state index contributed by atoms with van der Waals surface area (Å²) < 4.78 is 0. The van der Waals surface area contributed by atoms with Crippen LogP contribution in [0, 0.1) is 18.8 Å². The molecule has 2 bridgehead atoms. The number of carbonyl (C=O) groups is 1. The molecule has 0 aromatic heterocycles. The van der Waals surface area contributed by atoms with Crippen molar-refractivity contribution in [3.8, 4) is 11.1 Å². The molecule has 2 aliphatic rings. The zero-order valence-electron chi connectivity index (χ0n) is 13.9. The van der Waals surface area contributed by atoms with E-state index in [1.807, 2.05) is 37.3 Å². The van der Waals surface area contributed by atoms with E-state index in [9.17, 15) is 9.90 Å². The molecule has 2 atom stereocenters. The van der Waals surface area contributed by atoms with Crippen molar-refractivity contribution >= 4 is 34.6 Å². The number of ketones is 1. The third-order valence-electron chi connectivity index (χ3n) is 5.45. The number of aryl methyl sites for hydroxylation is 1. The van der Waals surface area contributed by atoms with Crippen molar-refractivity contribution in [1.29, 1.82) is 0 Å². The van der Waals surface area contributed by atoms with Crippen molar-refractivity contribution < 1.29 is 9.90 Å². The number of rotatable bonds is 2. The highest BCUT2D eigenvalue weighted by molar-refractivity contribution is 6.42. The summed E-state index contributed by atoms with van der Waals surface area (Å²) in [7, 11) is 0. The molecular formula is C21H18Cl2O2. The zero-order chi connectivity index (χ0) is 17.7. The maximum absolute atomic E-state index is 12.8. The average molecular weight is 373 g/mol. The largest absolute Gasteiger partial charge is 0.511 e. The first-order valence-electron chi connectivity index (χ1n) is 8.49. The maximum Gasteiger partial charge on any atom is 0.169 e. The maximum atomic E-state index is 12.8. The SMILES string of the molecule is Cc1ccc(-c2ccc(Cl)c(Cl)c2)cc1C1=C(O)[C@H]2CC[C@H](C2)C1=O. The highest BCUT2D eigenvalue weighted by Gasteiger charge is 2.41. The van der Waals surface area contributed by atoms with Gasteiger partial charge < -0.3 is 5.11 Å². The Morgan fingerprint density at radius 1 is 0.960 bits per heavy atom. The molecule has 0 spiro atoms. The van der Waals surface area contributed by atoms with Crippen LogP contribution in [0.1, 0.15) is 30.4 Å². The summed E-state index contributed by atoms with van der Waals surface area (Å²) in [6, 6.07) is 11.4. The van der Waals surface area contributed by atoms with Crippen molar-refractivity contribution in [1.82, 2.24) is 0 Å². The number of fused-ring (bicyclic) bond motifs is 2. The van der Waals surface area contributed by atoms with Crippen molar-refractivity contribution in [3.05, 3.63) is 63.3 Å². The van der Waals surface area contributed by atoms with E-state index in [-0.39, 0.29) is 23.4 Å². The first-order chi connectivity index (χ1) is 12.0. The van der Waals surface area contributed by atoms with Gasteiger partial charge in [-0.15, -0.1) is 0 Å². The van der Waals surface area contributed by atoms with Gasteiger partial charge in [0.1, 0.15) is 5.76 Å². The third-order valence-corrected chi connectivity index (χ3v) is 6.19.